The molecule has 0 aromatic heterocycles. The van der Waals surface area contributed by atoms with Gasteiger partial charge in [-0.05, 0) is 25.9 Å². The zero-order valence-corrected chi connectivity index (χ0v) is 10.3. The van der Waals surface area contributed by atoms with Gasteiger partial charge in [-0.15, -0.1) is 0 Å². The van der Waals surface area contributed by atoms with Crippen LogP contribution in [0.25, 0.3) is 5.32 Å². The third-order valence-corrected chi connectivity index (χ3v) is 1.72. The van der Waals surface area contributed by atoms with E-state index in [2.05, 4.69) is 17.1 Å². The zero-order chi connectivity index (χ0) is 6.53. The third kappa shape index (κ3) is 4.44. The van der Waals surface area contributed by atoms with Crippen molar-refractivity contribution in [2.24, 2.45) is 0 Å². The molecule has 0 aromatic carbocycles. The topological polar surface area (TPSA) is 17.3 Å². The first-order chi connectivity index (χ1) is 4.43. The van der Waals surface area contributed by atoms with Crippen LogP contribution in [0.4, 0.5) is 0 Å². The average molecular weight is 166 g/mol. The van der Waals surface area contributed by atoms with Crippen molar-refractivity contribution in [2.75, 3.05) is 26.3 Å². The minimum absolute atomic E-state index is 0. The van der Waals surface area contributed by atoms with Crippen molar-refractivity contribution in [1.82, 2.24) is 4.90 Å². The Kier molecular flexibility index (Phi) is 8.34. The van der Waals surface area contributed by atoms with Crippen molar-refractivity contribution in [2.45, 2.75) is 19.8 Å². The van der Waals surface area contributed by atoms with Crippen molar-refractivity contribution in [3.8, 4) is 0 Å². The van der Waals surface area contributed by atoms with Crippen LogP contribution in [-0.4, -0.2) is 31.2 Å². The number of nitrogens with zero attached hydrogens (tertiary/aromatic N) is 2. The Morgan fingerprint density at radius 3 is 2.40 bits per heavy atom. The fraction of sp³-hybridized carbons (Fsp3) is 1.00. The van der Waals surface area contributed by atoms with E-state index in [1.54, 1.807) is 0 Å². The van der Waals surface area contributed by atoms with Crippen LogP contribution >= 0.6 is 0 Å². The summed E-state index contributed by atoms with van der Waals surface area (Å²) in [7, 11) is 0. The molecule has 1 aliphatic rings. The molecular formula is C7H15KN2. The Bertz CT molecular complexity index is 72.0. The van der Waals surface area contributed by atoms with Crippen LogP contribution in [0.2, 0.25) is 0 Å². The number of hydrogen-bond donors (Lipinski definition) is 0. The first-order valence-corrected chi connectivity index (χ1v) is 3.79. The van der Waals surface area contributed by atoms with Gasteiger partial charge < -0.3 is 10.2 Å². The average Bonchev–Trinajstić information content (AvgIpc) is 2.34. The molecule has 54 valence electrons. The first-order valence-electron chi connectivity index (χ1n) is 3.79. The van der Waals surface area contributed by atoms with E-state index in [1.165, 1.54) is 25.9 Å². The molecule has 0 spiro atoms. The first kappa shape index (κ1) is 11.6. The normalized spacial score (nSPS) is 18.9. The van der Waals surface area contributed by atoms with E-state index in [0.29, 0.717) is 0 Å². The maximum atomic E-state index is 4.28. The van der Waals surface area contributed by atoms with Crippen molar-refractivity contribution in [3.05, 3.63) is 5.32 Å². The van der Waals surface area contributed by atoms with Crippen LogP contribution in [-0.2, 0) is 0 Å². The van der Waals surface area contributed by atoms with Gasteiger partial charge in [-0.25, -0.2) is 0 Å². The van der Waals surface area contributed by atoms with Crippen LogP contribution in [0.15, 0.2) is 0 Å². The Labute approximate surface area is 106 Å². The van der Waals surface area contributed by atoms with Gasteiger partial charge in [0, 0.05) is 0 Å². The van der Waals surface area contributed by atoms with Crippen molar-refractivity contribution < 1.29 is 51.4 Å². The zero-order valence-electron chi connectivity index (χ0n) is 7.14. The largest absolute Gasteiger partial charge is 1.00 e. The Hall–Kier alpha value is 1.56. The van der Waals surface area contributed by atoms with Crippen LogP contribution < -0.4 is 51.4 Å². The Morgan fingerprint density at radius 1 is 1.30 bits per heavy atom. The van der Waals surface area contributed by atoms with Gasteiger partial charge in [0.15, 0.2) is 0 Å². The molecule has 3 heteroatoms. The van der Waals surface area contributed by atoms with Gasteiger partial charge in [0.1, 0.15) is 0 Å². The minimum Gasteiger partial charge on any atom is -0.650 e. The maximum absolute atomic E-state index is 4.28. The summed E-state index contributed by atoms with van der Waals surface area (Å²) in [6.07, 6.45) is 2.75. The van der Waals surface area contributed by atoms with E-state index in [1.807, 2.05) is 0 Å². The molecule has 1 heterocycles. The second-order valence-electron chi connectivity index (χ2n) is 2.51. The number of rotatable bonds is 3. The monoisotopic (exact) mass is 166 g/mol. The molecule has 0 unspecified atom stereocenters. The summed E-state index contributed by atoms with van der Waals surface area (Å²) < 4.78 is 0. The van der Waals surface area contributed by atoms with Gasteiger partial charge in [-0.3, -0.25) is 0 Å². The molecule has 2 nitrogen and oxygen atoms in total. The molecule has 10 heavy (non-hydrogen) atoms. The predicted molar refractivity (Wildman–Crippen MR) is 39.6 cm³/mol. The summed E-state index contributed by atoms with van der Waals surface area (Å²) >= 11 is 0. The van der Waals surface area contributed by atoms with Gasteiger partial charge in [-0.1, -0.05) is 13.6 Å². The summed E-state index contributed by atoms with van der Waals surface area (Å²) in [4.78, 5) is 2.41. The van der Waals surface area contributed by atoms with Gasteiger partial charge in [0.05, 0.1) is 0 Å². The predicted octanol–water partition coefficient (Wildman–Crippen LogP) is -1.56. The smallest absolute Gasteiger partial charge is 0.650 e. The quantitative estimate of drug-likeness (QED) is 0.463. The van der Waals surface area contributed by atoms with Gasteiger partial charge >= 0.3 is 51.4 Å². The maximum Gasteiger partial charge on any atom is 1.00 e. The standard InChI is InChI=1S/C7H15N2.K/c1-2-8-7-9-5-3-4-6-9;/h2-7H2,1H3;/q-1;+1. The van der Waals surface area contributed by atoms with E-state index in [9.17, 15) is 0 Å². The van der Waals surface area contributed by atoms with Crippen LogP contribution in [0.5, 0.6) is 0 Å². The molecular weight excluding hydrogens is 151 g/mol. The van der Waals surface area contributed by atoms with E-state index >= 15 is 0 Å². The molecule has 0 saturated carbocycles. The Balaban J connectivity index is 0.000000810. The summed E-state index contributed by atoms with van der Waals surface area (Å²) in [5.74, 6) is 0. The van der Waals surface area contributed by atoms with E-state index in [4.69, 9.17) is 0 Å². The fourth-order valence-electron chi connectivity index (χ4n) is 1.17. The van der Waals surface area contributed by atoms with Gasteiger partial charge in [0.2, 0.25) is 0 Å². The fourth-order valence-corrected chi connectivity index (χ4v) is 1.17. The summed E-state index contributed by atoms with van der Waals surface area (Å²) in [6, 6.07) is 0. The summed E-state index contributed by atoms with van der Waals surface area (Å²) in [5, 5.41) is 4.28. The van der Waals surface area contributed by atoms with Crippen LogP contribution in [0.3, 0.4) is 0 Å². The van der Waals surface area contributed by atoms with Crippen LogP contribution in [0, 0.1) is 0 Å². The van der Waals surface area contributed by atoms with Gasteiger partial charge in [0.25, 0.3) is 0 Å². The molecule has 0 aliphatic carbocycles. The SMILES string of the molecule is CC[N-]CN1CCCC1.[K+]. The van der Waals surface area contributed by atoms with E-state index in [0.717, 1.165) is 13.2 Å². The second kappa shape index (κ2) is 7.22. The minimum atomic E-state index is 0. The molecule has 0 N–H and O–H groups in total. The molecule has 0 aromatic rings. The molecule has 1 saturated heterocycles. The van der Waals surface area contributed by atoms with Crippen molar-refractivity contribution in [1.29, 1.82) is 0 Å². The molecule has 0 radical (unpaired) electrons. The molecule has 0 atom stereocenters. The third-order valence-electron chi connectivity index (χ3n) is 1.72. The van der Waals surface area contributed by atoms with Gasteiger partial charge in [-0.2, -0.15) is 6.54 Å². The molecule has 0 amide bonds. The second-order valence-corrected chi connectivity index (χ2v) is 2.51. The summed E-state index contributed by atoms with van der Waals surface area (Å²) in [6.45, 7) is 6.57. The number of hydrogen-bond acceptors (Lipinski definition) is 1. The molecule has 1 fully saturated rings. The Morgan fingerprint density at radius 2 is 1.90 bits per heavy atom. The molecule has 1 rings (SSSR count). The van der Waals surface area contributed by atoms with E-state index in [-0.39, 0.29) is 51.4 Å². The molecule has 1 aliphatic heterocycles. The summed E-state index contributed by atoms with van der Waals surface area (Å²) in [5.41, 5.74) is 0. The van der Waals surface area contributed by atoms with Crippen molar-refractivity contribution in [3.63, 3.8) is 0 Å². The van der Waals surface area contributed by atoms with E-state index < -0.39 is 0 Å². The van der Waals surface area contributed by atoms with Crippen LogP contribution in [0.1, 0.15) is 19.8 Å². The van der Waals surface area contributed by atoms with Crippen molar-refractivity contribution >= 4 is 0 Å². The molecule has 0 bridgehead atoms. The number of likely N-dealkylation sites (tertiary alicyclic amines) is 1.